The van der Waals surface area contributed by atoms with Crippen molar-refractivity contribution in [3.05, 3.63) is 29.8 Å². The zero-order valence-corrected chi connectivity index (χ0v) is 14.6. The highest BCUT2D eigenvalue weighted by molar-refractivity contribution is 5.88. The Morgan fingerprint density at radius 2 is 2.05 bits per heavy atom. The predicted molar refractivity (Wildman–Crippen MR) is 93.0 cm³/mol. The molecule has 0 atom stereocenters. The third-order valence-electron chi connectivity index (χ3n) is 3.40. The zero-order valence-electron chi connectivity index (χ0n) is 13.0. The number of carbonyl (C=O) groups excluding carboxylic acids is 1. The van der Waals surface area contributed by atoms with Crippen LogP contribution in [0.1, 0.15) is 18.4 Å². The van der Waals surface area contributed by atoms with Crippen molar-refractivity contribution in [2.45, 2.75) is 24.9 Å². The molecule has 7 heteroatoms. The summed E-state index contributed by atoms with van der Waals surface area (Å²) in [5.74, 6) is 0.768. The Morgan fingerprint density at radius 3 is 2.64 bits per heavy atom. The molecule has 2 rings (SSSR count). The number of ether oxygens (including phenoxy) is 1. The summed E-state index contributed by atoms with van der Waals surface area (Å²) in [6.45, 7) is 2.01. The van der Waals surface area contributed by atoms with E-state index in [1.54, 1.807) is 0 Å². The molecule has 0 heterocycles. The van der Waals surface area contributed by atoms with Crippen molar-refractivity contribution in [1.82, 2.24) is 10.2 Å². The number of carbonyl (C=O) groups is 1. The topological polar surface area (TPSA) is 67.6 Å². The van der Waals surface area contributed by atoms with Gasteiger partial charge in [0.25, 0.3) is 0 Å². The van der Waals surface area contributed by atoms with Gasteiger partial charge in [0, 0.05) is 13.1 Å². The molecule has 0 spiro atoms. The first-order valence-electron chi connectivity index (χ1n) is 6.93. The molecule has 0 bridgehead atoms. The molecule has 22 heavy (non-hydrogen) atoms. The normalized spacial score (nSPS) is 14.5. The van der Waals surface area contributed by atoms with Crippen LogP contribution in [0.15, 0.2) is 24.3 Å². The third-order valence-corrected chi connectivity index (χ3v) is 3.40. The minimum Gasteiger partial charge on any atom is -0.492 e. The summed E-state index contributed by atoms with van der Waals surface area (Å²) in [5.41, 5.74) is 6.24. The van der Waals surface area contributed by atoms with Gasteiger partial charge in [-0.15, -0.1) is 24.8 Å². The maximum Gasteiger partial charge on any atom is 0.240 e. The lowest BCUT2D eigenvalue weighted by Gasteiger charge is -2.13. The Bertz CT molecular complexity index is 480. The van der Waals surface area contributed by atoms with E-state index >= 15 is 0 Å². The van der Waals surface area contributed by atoms with Crippen molar-refractivity contribution >= 4 is 30.7 Å². The average Bonchev–Trinajstić information content (AvgIpc) is 3.15. The lowest BCUT2D eigenvalue weighted by molar-refractivity contribution is -0.123. The molecule has 1 amide bonds. The molecule has 1 aromatic carbocycles. The van der Waals surface area contributed by atoms with E-state index in [1.165, 1.54) is 0 Å². The molecule has 1 aliphatic carbocycles. The Labute approximate surface area is 144 Å². The Balaban J connectivity index is 0.00000220. The first-order chi connectivity index (χ1) is 9.49. The minimum atomic E-state index is -0.611. The van der Waals surface area contributed by atoms with Gasteiger partial charge in [-0.3, -0.25) is 4.79 Å². The number of hydrogen-bond donors (Lipinski definition) is 2. The number of rotatable bonds is 7. The van der Waals surface area contributed by atoms with E-state index in [-0.39, 0.29) is 30.7 Å². The summed E-state index contributed by atoms with van der Waals surface area (Å²) in [7, 11) is 4.02. The summed E-state index contributed by atoms with van der Waals surface area (Å²) >= 11 is 0. The molecular formula is C15H25Cl2N3O2. The van der Waals surface area contributed by atoms with Crippen molar-refractivity contribution in [2.24, 2.45) is 5.73 Å². The van der Waals surface area contributed by atoms with Crippen LogP contribution in [-0.4, -0.2) is 43.6 Å². The molecule has 3 N–H and O–H groups in total. The number of nitrogens with zero attached hydrogens (tertiary/aromatic N) is 1. The van der Waals surface area contributed by atoms with Gasteiger partial charge in [-0.2, -0.15) is 0 Å². The van der Waals surface area contributed by atoms with E-state index in [9.17, 15) is 4.79 Å². The summed E-state index contributed by atoms with van der Waals surface area (Å²) < 4.78 is 5.66. The van der Waals surface area contributed by atoms with Crippen LogP contribution in [0.5, 0.6) is 5.75 Å². The molecular weight excluding hydrogens is 325 g/mol. The number of nitrogens with one attached hydrogen (secondary N) is 1. The second kappa shape index (κ2) is 9.20. The average molecular weight is 350 g/mol. The lowest BCUT2D eigenvalue weighted by Crippen LogP contribution is -2.42. The first kappa shape index (κ1) is 21.0. The van der Waals surface area contributed by atoms with Crippen molar-refractivity contribution in [3.8, 4) is 5.75 Å². The van der Waals surface area contributed by atoms with E-state index < -0.39 is 5.54 Å². The van der Waals surface area contributed by atoms with Crippen molar-refractivity contribution in [2.75, 3.05) is 27.2 Å². The van der Waals surface area contributed by atoms with Crippen LogP contribution < -0.4 is 15.8 Å². The van der Waals surface area contributed by atoms with Gasteiger partial charge < -0.3 is 20.7 Å². The predicted octanol–water partition coefficient (Wildman–Crippen LogP) is 1.58. The quantitative estimate of drug-likeness (QED) is 0.784. The monoisotopic (exact) mass is 349 g/mol. The van der Waals surface area contributed by atoms with Crippen molar-refractivity contribution in [3.63, 3.8) is 0 Å². The largest absolute Gasteiger partial charge is 0.492 e. The zero-order chi connectivity index (χ0) is 14.6. The van der Waals surface area contributed by atoms with Gasteiger partial charge in [0.05, 0.1) is 5.54 Å². The molecule has 0 unspecified atom stereocenters. The summed E-state index contributed by atoms with van der Waals surface area (Å²) in [5, 5.41) is 2.88. The number of likely N-dealkylation sites (N-methyl/N-ethyl adjacent to an activating group) is 1. The fourth-order valence-corrected chi connectivity index (χ4v) is 1.81. The van der Waals surface area contributed by atoms with Crippen LogP contribution in [0, 0.1) is 0 Å². The van der Waals surface area contributed by atoms with E-state index in [1.807, 2.05) is 38.4 Å². The molecule has 1 aromatic rings. The van der Waals surface area contributed by atoms with Gasteiger partial charge in [-0.25, -0.2) is 0 Å². The van der Waals surface area contributed by atoms with Gasteiger partial charge in [0.2, 0.25) is 5.91 Å². The van der Waals surface area contributed by atoms with Crippen LogP contribution in [0.4, 0.5) is 0 Å². The molecule has 1 saturated carbocycles. The van der Waals surface area contributed by atoms with Gasteiger partial charge in [0.15, 0.2) is 0 Å². The van der Waals surface area contributed by atoms with Gasteiger partial charge in [0.1, 0.15) is 12.4 Å². The highest BCUT2D eigenvalue weighted by Gasteiger charge is 2.45. The Morgan fingerprint density at radius 1 is 1.36 bits per heavy atom. The Hall–Kier alpha value is -1.01. The first-order valence-corrected chi connectivity index (χ1v) is 6.93. The summed E-state index contributed by atoms with van der Waals surface area (Å²) in [4.78, 5) is 13.8. The van der Waals surface area contributed by atoms with Crippen LogP contribution in [-0.2, 0) is 11.3 Å². The van der Waals surface area contributed by atoms with E-state index in [0.29, 0.717) is 13.2 Å². The van der Waals surface area contributed by atoms with Gasteiger partial charge in [-0.05, 0) is 44.6 Å². The lowest BCUT2D eigenvalue weighted by atomic mass is 10.2. The summed E-state index contributed by atoms with van der Waals surface area (Å²) in [6.07, 6.45) is 1.57. The third kappa shape index (κ3) is 6.40. The molecule has 0 aliphatic heterocycles. The number of benzene rings is 1. The van der Waals surface area contributed by atoms with Crippen LogP contribution >= 0.6 is 24.8 Å². The van der Waals surface area contributed by atoms with Crippen LogP contribution in [0.25, 0.3) is 0 Å². The fraction of sp³-hybridized carbons (Fsp3) is 0.533. The molecule has 5 nitrogen and oxygen atoms in total. The Kier molecular flexibility index (Phi) is 8.78. The standard InChI is InChI=1S/C15H23N3O2.2ClH/c1-18(2)8-9-20-13-5-3-4-12(10-13)11-17-14(19)15(16)6-7-15;;/h3-5,10H,6-9,11,16H2,1-2H3,(H,17,19);2*1H. The van der Waals surface area contributed by atoms with Crippen LogP contribution in [0.2, 0.25) is 0 Å². The van der Waals surface area contributed by atoms with Gasteiger partial charge in [-0.1, -0.05) is 12.1 Å². The molecule has 126 valence electrons. The smallest absolute Gasteiger partial charge is 0.240 e. The van der Waals surface area contributed by atoms with Crippen molar-refractivity contribution in [1.29, 1.82) is 0 Å². The fourth-order valence-electron chi connectivity index (χ4n) is 1.81. The molecule has 0 saturated heterocycles. The molecule has 1 aliphatic rings. The number of hydrogen-bond acceptors (Lipinski definition) is 4. The highest BCUT2D eigenvalue weighted by atomic mass is 35.5. The van der Waals surface area contributed by atoms with E-state index in [4.69, 9.17) is 10.5 Å². The second-order valence-corrected chi connectivity index (χ2v) is 5.64. The minimum absolute atomic E-state index is 0. The SMILES string of the molecule is CN(C)CCOc1cccc(CNC(=O)C2(N)CC2)c1.Cl.Cl. The van der Waals surface area contributed by atoms with E-state index in [2.05, 4.69) is 10.2 Å². The maximum atomic E-state index is 11.8. The second-order valence-electron chi connectivity index (χ2n) is 5.64. The highest BCUT2D eigenvalue weighted by Crippen LogP contribution is 2.32. The van der Waals surface area contributed by atoms with Gasteiger partial charge >= 0.3 is 0 Å². The van der Waals surface area contributed by atoms with Crippen LogP contribution in [0.3, 0.4) is 0 Å². The molecule has 1 fully saturated rings. The molecule has 0 aromatic heterocycles. The molecule has 0 radical (unpaired) electrons. The number of amides is 1. The number of nitrogens with two attached hydrogens (primary N) is 1. The number of halogens is 2. The van der Waals surface area contributed by atoms with E-state index in [0.717, 1.165) is 30.7 Å². The maximum absolute atomic E-state index is 11.8. The van der Waals surface area contributed by atoms with Crippen molar-refractivity contribution < 1.29 is 9.53 Å². The summed E-state index contributed by atoms with van der Waals surface area (Å²) in [6, 6.07) is 7.77.